The molecular weight excluding hydrogens is 538 g/mol. The maximum Gasteiger partial charge on any atom is -0.00773 e. The van der Waals surface area contributed by atoms with Gasteiger partial charge in [0.1, 0.15) is 0 Å². The molecule has 0 spiro atoms. The first-order valence-electron chi connectivity index (χ1n) is 15.6. The molecule has 0 bridgehead atoms. The van der Waals surface area contributed by atoms with Gasteiger partial charge in [0.15, 0.2) is 0 Å². The third-order valence-corrected chi connectivity index (χ3v) is 8.18. The van der Waals surface area contributed by atoms with Gasteiger partial charge >= 0.3 is 0 Å². The van der Waals surface area contributed by atoms with E-state index in [4.69, 9.17) is 5.73 Å². The molecule has 0 aromatic heterocycles. The minimum atomic E-state index is 0. The molecule has 39 heavy (non-hydrogen) atoms. The SMILES string of the molecule is Br.NCCCCCCCCCCCCCCCC(Cc1ccccc1)(Cc1ccccc1)Cc1ccccc1. The van der Waals surface area contributed by atoms with E-state index in [-0.39, 0.29) is 22.4 Å². The largest absolute Gasteiger partial charge is 0.330 e. The van der Waals surface area contributed by atoms with Gasteiger partial charge in [0.2, 0.25) is 0 Å². The number of unbranched alkanes of at least 4 members (excludes halogenated alkanes) is 12. The number of benzene rings is 3. The Morgan fingerprint density at radius 2 is 0.667 bits per heavy atom. The Morgan fingerprint density at radius 1 is 0.385 bits per heavy atom. The van der Waals surface area contributed by atoms with Crippen LogP contribution in [-0.4, -0.2) is 6.54 Å². The van der Waals surface area contributed by atoms with Crippen molar-refractivity contribution in [2.75, 3.05) is 6.54 Å². The van der Waals surface area contributed by atoms with E-state index in [1.165, 1.54) is 107 Å². The summed E-state index contributed by atoms with van der Waals surface area (Å²) < 4.78 is 0. The molecule has 0 aliphatic carbocycles. The second-order valence-electron chi connectivity index (χ2n) is 11.6. The summed E-state index contributed by atoms with van der Waals surface area (Å²) in [6.45, 7) is 0.855. The van der Waals surface area contributed by atoms with E-state index in [0.717, 1.165) is 25.8 Å². The summed E-state index contributed by atoms with van der Waals surface area (Å²) in [5.41, 5.74) is 10.2. The topological polar surface area (TPSA) is 26.0 Å². The van der Waals surface area contributed by atoms with Crippen molar-refractivity contribution in [1.82, 2.24) is 0 Å². The van der Waals surface area contributed by atoms with Gasteiger partial charge in [0.05, 0.1) is 0 Å². The summed E-state index contributed by atoms with van der Waals surface area (Å²) in [6.07, 6.45) is 22.6. The molecule has 0 saturated heterocycles. The Morgan fingerprint density at radius 3 is 0.974 bits per heavy atom. The van der Waals surface area contributed by atoms with E-state index in [1.54, 1.807) is 0 Å². The van der Waals surface area contributed by atoms with Crippen LogP contribution in [-0.2, 0) is 19.3 Å². The zero-order valence-corrected chi connectivity index (χ0v) is 26.1. The smallest absolute Gasteiger partial charge is 0.00773 e. The second-order valence-corrected chi connectivity index (χ2v) is 11.6. The predicted octanol–water partition coefficient (Wildman–Crippen LogP) is 10.7. The van der Waals surface area contributed by atoms with Gasteiger partial charge in [-0.15, -0.1) is 17.0 Å². The molecule has 0 saturated carbocycles. The third kappa shape index (κ3) is 14.3. The van der Waals surface area contributed by atoms with E-state index in [9.17, 15) is 0 Å². The van der Waals surface area contributed by atoms with E-state index < -0.39 is 0 Å². The van der Waals surface area contributed by atoms with Gasteiger partial charge in [-0.25, -0.2) is 0 Å². The molecule has 0 aliphatic heterocycles. The van der Waals surface area contributed by atoms with Crippen LogP contribution in [0.2, 0.25) is 0 Å². The molecule has 0 amide bonds. The van der Waals surface area contributed by atoms with Gasteiger partial charge in [-0.3, -0.25) is 0 Å². The number of halogens is 1. The Labute approximate surface area is 250 Å². The van der Waals surface area contributed by atoms with Gasteiger partial charge in [-0.05, 0) is 60.8 Å². The Bertz CT molecular complexity index is 840. The lowest BCUT2D eigenvalue weighted by Crippen LogP contribution is -2.30. The second kappa shape index (κ2) is 20.9. The van der Waals surface area contributed by atoms with Crippen molar-refractivity contribution >= 4 is 17.0 Å². The van der Waals surface area contributed by atoms with E-state index in [2.05, 4.69) is 91.0 Å². The summed E-state index contributed by atoms with van der Waals surface area (Å²) in [4.78, 5) is 0. The number of nitrogens with two attached hydrogens (primary N) is 1. The molecule has 0 fully saturated rings. The van der Waals surface area contributed by atoms with Crippen molar-refractivity contribution < 1.29 is 0 Å². The summed E-state index contributed by atoms with van der Waals surface area (Å²) >= 11 is 0. The Balaban J connectivity index is 0.00000533. The Kier molecular flexibility index (Phi) is 17.9. The average molecular weight is 593 g/mol. The third-order valence-electron chi connectivity index (χ3n) is 8.18. The van der Waals surface area contributed by atoms with Crippen LogP contribution in [0.4, 0.5) is 0 Å². The van der Waals surface area contributed by atoms with Gasteiger partial charge in [-0.1, -0.05) is 168 Å². The van der Waals surface area contributed by atoms with E-state index in [1.807, 2.05) is 0 Å². The maximum atomic E-state index is 5.58. The summed E-state index contributed by atoms with van der Waals surface area (Å²) in [6, 6.07) is 33.6. The van der Waals surface area contributed by atoms with Crippen molar-refractivity contribution in [2.45, 2.75) is 109 Å². The molecular formula is C37H54BrN. The standard InChI is InChI=1S/C37H53N.BrH/c38-30-22-11-9-7-5-3-1-2-4-6-8-10-21-29-37(31-34-23-15-12-16-24-34,32-35-25-17-13-18-26-35)33-36-27-19-14-20-28-36;/h12-20,23-28H,1-11,21-22,29-33,38H2;1H. The van der Waals surface area contributed by atoms with Crippen molar-refractivity contribution in [2.24, 2.45) is 11.1 Å². The molecule has 0 heterocycles. The minimum Gasteiger partial charge on any atom is -0.330 e. The first-order chi connectivity index (χ1) is 18.8. The zero-order chi connectivity index (χ0) is 26.6. The van der Waals surface area contributed by atoms with Gasteiger partial charge in [0.25, 0.3) is 0 Å². The summed E-state index contributed by atoms with van der Waals surface area (Å²) in [5, 5.41) is 0. The maximum absolute atomic E-state index is 5.58. The molecule has 3 aromatic carbocycles. The first kappa shape index (κ1) is 33.3. The lowest BCUT2D eigenvalue weighted by atomic mass is 9.69. The van der Waals surface area contributed by atoms with Crippen LogP contribution in [0.15, 0.2) is 91.0 Å². The molecule has 2 heteroatoms. The lowest BCUT2D eigenvalue weighted by Gasteiger charge is -2.35. The van der Waals surface area contributed by atoms with E-state index in [0.29, 0.717) is 0 Å². The minimum absolute atomic E-state index is 0. The fourth-order valence-corrected chi connectivity index (χ4v) is 6.13. The van der Waals surface area contributed by atoms with Gasteiger partial charge < -0.3 is 5.73 Å². The number of hydrogen-bond donors (Lipinski definition) is 1. The van der Waals surface area contributed by atoms with Crippen LogP contribution in [0.25, 0.3) is 0 Å². The van der Waals surface area contributed by atoms with Crippen LogP contribution in [0, 0.1) is 5.41 Å². The zero-order valence-electron chi connectivity index (χ0n) is 24.4. The van der Waals surface area contributed by atoms with Crippen molar-refractivity contribution in [3.05, 3.63) is 108 Å². The van der Waals surface area contributed by atoms with Crippen LogP contribution < -0.4 is 5.73 Å². The summed E-state index contributed by atoms with van der Waals surface area (Å²) in [5.74, 6) is 0. The Hall–Kier alpha value is -1.90. The number of hydrogen-bond acceptors (Lipinski definition) is 1. The molecule has 1 nitrogen and oxygen atoms in total. The first-order valence-corrected chi connectivity index (χ1v) is 15.6. The highest BCUT2D eigenvalue weighted by atomic mass is 79.9. The van der Waals surface area contributed by atoms with Crippen LogP contribution in [0.5, 0.6) is 0 Å². The molecule has 0 radical (unpaired) electrons. The predicted molar refractivity (Wildman–Crippen MR) is 177 cm³/mol. The van der Waals surface area contributed by atoms with Crippen molar-refractivity contribution in [3.63, 3.8) is 0 Å². The quantitative estimate of drug-likeness (QED) is 0.122. The summed E-state index contributed by atoms with van der Waals surface area (Å²) in [7, 11) is 0. The van der Waals surface area contributed by atoms with Crippen molar-refractivity contribution in [3.8, 4) is 0 Å². The molecule has 3 rings (SSSR count). The molecule has 0 atom stereocenters. The molecule has 2 N–H and O–H groups in total. The van der Waals surface area contributed by atoms with Crippen molar-refractivity contribution in [1.29, 1.82) is 0 Å². The monoisotopic (exact) mass is 591 g/mol. The van der Waals surface area contributed by atoms with Crippen LogP contribution >= 0.6 is 17.0 Å². The van der Waals surface area contributed by atoms with Crippen LogP contribution in [0.1, 0.15) is 107 Å². The fourth-order valence-electron chi connectivity index (χ4n) is 6.13. The molecule has 214 valence electrons. The fraction of sp³-hybridized carbons (Fsp3) is 0.514. The highest BCUT2D eigenvalue weighted by Crippen LogP contribution is 2.37. The van der Waals surface area contributed by atoms with Gasteiger partial charge in [0, 0.05) is 0 Å². The van der Waals surface area contributed by atoms with Gasteiger partial charge in [-0.2, -0.15) is 0 Å². The lowest BCUT2D eigenvalue weighted by molar-refractivity contribution is 0.243. The average Bonchev–Trinajstić information content (AvgIpc) is 2.95. The van der Waals surface area contributed by atoms with E-state index >= 15 is 0 Å². The van der Waals surface area contributed by atoms with Crippen LogP contribution in [0.3, 0.4) is 0 Å². The molecule has 3 aromatic rings. The molecule has 0 unspecified atom stereocenters. The highest BCUT2D eigenvalue weighted by molar-refractivity contribution is 8.93. The molecule has 0 aliphatic rings. The number of rotatable bonds is 21. The normalized spacial score (nSPS) is 11.3. The highest BCUT2D eigenvalue weighted by Gasteiger charge is 2.30.